The van der Waals surface area contributed by atoms with Crippen LogP contribution in [0.3, 0.4) is 0 Å². The molecule has 1 unspecified atom stereocenters. The van der Waals surface area contributed by atoms with Crippen LogP contribution in [0.4, 0.5) is 0 Å². The van der Waals surface area contributed by atoms with E-state index in [9.17, 15) is 0 Å². The van der Waals surface area contributed by atoms with Crippen molar-refractivity contribution in [3.8, 4) is 5.75 Å². The highest BCUT2D eigenvalue weighted by molar-refractivity contribution is 5.29. The third-order valence-corrected chi connectivity index (χ3v) is 3.37. The molecule has 3 heteroatoms. The van der Waals surface area contributed by atoms with E-state index in [0.29, 0.717) is 6.04 Å². The van der Waals surface area contributed by atoms with Crippen molar-refractivity contribution in [1.29, 1.82) is 0 Å². The van der Waals surface area contributed by atoms with Gasteiger partial charge in [0.15, 0.2) is 0 Å². The van der Waals surface area contributed by atoms with E-state index in [2.05, 4.69) is 48.3 Å². The summed E-state index contributed by atoms with van der Waals surface area (Å²) in [5.41, 5.74) is 1.32. The Morgan fingerprint density at radius 3 is 2.32 bits per heavy atom. The maximum Gasteiger partial charge on any atom is 0.119 e. The van der Waals surface area contributed by atoms with Crippen LogP contribution in [0.15, 0.2) is 24.3 Å². The molecule has 0 saturated carbocycles. The molecule has 1 aromatic rings. The highest BCUT2D eigenvalue weighted by atomic mass is 16.5. The molecule has 0 aliphatic rings. The van der Waals surface area contributed by atoms with E-state index in [1.165, 1.54) is 12.0 Å². The zero-order valence-electron chi connectivity index (χ0n) is 12.8. The smallest absolute Gasteiger partial charge is 0.119 e. The van der Waals surface area contributed by atoms with Gasteiger partial charge in [-0.3, -0.25) is 0 Å². The van der Waals surface area contributed by atoms with Crippen molar-refractivity contribution in [3.05, 3.63) is 29.8 Å². The SMILES string of the molecule is CCCN(CC)CC(NC)c1ccc(OCC)cc1. The molecular weight excluding hydrogens is 236 g/mol. The van der Waals surface area contributed by atoms with Gasteiger partial charge in [-0.2, -0.15) is 0 Å². The van der Waals surface area contributed by atoms with Gasteiger partial charge >= 0.3 is 0 Å². The van der Waals surface area contributed by atoms with E-state index in [-0.39, 0.29) is 0 Å². The average Bonchev–Trinajstić information content (AvgIpc) is 2.45. The van der Waals surface area contributed by atoms with Crippen molar-refractivity contribution in [3.63, 3.8) is 0 Å². The zero-order chi connectivity index (χ0) is 14.1. The van der Waals surface area contributed by atoms with Crippen molar-refractivity contribution in [2.45, 2.75) is 33.2 Å². The fraction of sp³-hybridized carbons (Fsp3) is 0.625. The minimum absolute atomic E-state index is 0.377. The van der Waals surface area contributed by atoms with Gasteiger partial charge < -0.3 is 15.0 Å². The molecule has 0 aromatic heterocycles. The molecule has 0 spiro atoms. The van der Waals surface area contributed by atoms with E-state index in [0.717, 1.165) is 32.0 Å². The van der Waals surface area contributed by atoms with Gasteiger partial charge in [-0.15, -0.1) is 0 Å². The number of rotatable bonds is 9. The van der Waals surface area contributed by atoms with Gasteiger partial charge in [0.05, 0.1) is 6.61 Å². The first-order chi connectivity index (χ1) is 9.24. The molecule has 0 amide bonds. The normalized spacial score (nSPS) is 12.7. The molecule has 1 rings (SSSR count). The first-order valence-corrected chi connectivity index (χ1v) is 7.37. The van der Waals surface area contributed by atoms with Crippen LogP contribution >= 0.6 is 0 Å². The maximum atomic E-state index is 5.48. The highest BCUT2D eigenvalue weighted by Crippen LogP contribution is 2.18. The molecule has 0 fully saturated rings. The van der Waals surface area contributed by atoms with E-state index in [4.69, 9.17) is 4.74 Å². The number of likely N-dealkylation sites (N-methyl/N-ethyl adjacent to an activating group) is 2. The lowest BCUT2D eigenvalue weighted by Gasteiger charge is -2.26. The molecule has 0 bridgehead atoms. The van der Waals surface area contributed by atoms with E-state index >= 15 is 0 Å². The molecule has 108 valence electrons. The molecule has 1 aromatic carbocycles. The molecule has 0 saturated heterocycles. The highest BCUT2D eigenvalue weighted by Gasteiger charge is 2.13. The maximum absolute atomic E-state index is 5.48. The summed E-state index contributed by atoms with van der Waals surface area (Å²) in [7, 11) is 2.03. The van der Waals surface area contributed by atoms with Crippen molar-refractivity contribution >= 4 is 0 Å². The summed E-state index contributed by atoms with van der Waals surface area (Å²) in [5.74, 6) is 0.946. The van der Waals surface area contributed by atoms with Gasteiger partial charge in [0.25, 0.3) is 0 Å². The van der Waals surface area contributed by atoms with Gasteiger partial charge in [0.1, 0.15) is 5.75 Å². The van der Waals surface area contributed by atoms with Gasteiger partial charge in [-0.25, -0.2) is 0 Å². The number of hydrogen-bond acceptors (Lipinski definition) is 3. The second-order valence-corrected chi connectivity index (χ2v) is 4.74. The van der Waals surface area contributed by atoms with Crippen LogP contribution in [-0.4, -0.2) is 38.2 Å². The molecular formula is C16H28N2O. The Balaban J connectivity index is 2.67. The summed E-state index contributed by atoms with van der Waals surface area (Å²) < 4.78 is 5.48. The van der Waals surface area contributed by atoms with Crippen molar-refractivity contribution < 1.29 is 4.74 Å². The number of hydrogen-bond donors (Lipinski definition) is 1. The van der Waals surface area contributed by atoms with Crippen molar-refractivity contribution in [1.82, 2.24) is 10.2 Å². The molecule has 0 aliphatic carbocycles. The summed E-state index contributed by atoms with van der Waals surface area (Å²) in [5, 5.41) is 3.41. The lowest BCUT2D eigenvalue weighted by molar-refractivity contribution is 0.258. The van der Waals surface area contributed by atoms with Crippen LogP contribution in [0.5, 0.6) is 5.75 Å². The quantitative estimate of drug-likeness (QED) is 0.742. The monoisotopic (exact) mass is 264 g/mol. The summed E-state index contributed by atoms with van der Waals surface area (Å²) in [6.45, 7) is 10.5. The van der Waals surface area contributed by atoms with Crippen LogP contribution in [0.1, 0.15) is 38.8 Å². The van der Waals surface area contributed by atoms with Crippen LogP contribution in [-0.2, 0) is 0 Å². The van der Waals surface area contributed by atoms with E-state index < -0.39 is 0 Å². The Bertz CT molecular complexity index is 337. The first kappa shape index (κ1) is 16.0. The largest absolute Gasteiger partial charge is 0.494 e. The minimum atomic E-state index is 0.377. The molecule has 3 nitrogen and oxygen atoms in total. The fourth-order valence-corrected chi connectivity index (χ4v) is 2.28. The molecule has 0 heterocycles. The number of ether oxygens (including phenoxy) is 1. The number of benzene rings is 1. The number of nitrogens with one attached hydrogen (secondary N) is 1. The zero-order valence-corrected chi connectivity index (χ0v) is 12.8. The molecule has 0 radical (unpaired) electrons. The Morgan fingerprint density at radius 1 is 1.16 bits per heavy atom. The molecule has 1 atom stereocenters. The van der Waals surface area contributed by atoms with Crippen molar-refractivity contribution in [2.24, 2.45) is 0 Å². The number of nitrogens with zero attached hydrogens (tertiary/aromatic N) is 1. The van der Waals surface area contributed by atoms with Crippen molar-refractivity contribution in [2.75, 3.05) is 33.3 Å². The van der Waals surface area contributed by atoms with Gasteiger partial charge in [-0.1, -0.05) is 26.0 Å². The van der Waals surface area contributed by atoms with Gasteiger partial charge in [0.2, 0.25) is 0 Å². The molecule has 1 N–H and O–H groups in total. The predicted molar refractivity (Wildman–Crippen MR) is 81.8 cm³/mol. The van der Waals surface area contributed by atoms with Gasteiger partial charge in [0, 0.05) is 12.6 Å². The second-order valence-electron chi connectivity index (χ2n) is 4.74. The predicted octanol–water partition coefficient (Wildman–Crippen LogP) is 3.08. The molecule has 0 aliphatic heterocycles. The van der Waals surface area contributed by atoms with Crippen LogP contribution in [0.2, 0.25) is 0 Å². The first-order valence-electron chi connectivity index (χ1n) is 7.37. The minimum Gasteiger partial charge on any atom is -0.494 e. The lowest BCUT2D eigenvalue weighted by Crippen LogP contribution is -2.34. The third kappa shape index (κ3) is 5.21. The molecule has 19 heavy (non-hydrogen) atoms. The Labute approximate surface area is 118 Å². The Hall–Kier alpha value is -1.06. The van der Waals surface area contributed by atoms with Crippen LogP contribution < -0.4 is 10.1 Å². The summed E-state index contributed by atoms with van der Waals surface area (Å²) in [6.07, 6.45) is 1.20. The van der Waals surface area contributed by atoms with Crippen LogP contribution in [0, 0.1) is 0 Å². The summed E-state index contributed by atoms with van der Waals surface area (Å²) in [4.78, 5) is 2.48. The van der Waals surface area contributed by atoms with Crippen LogP contribution in [0.25, 0.3) is 0 Å². The average molecular weight is 264 g/mol. The summed E-state index contributed by atoms with van der Waals surface area (Å²) in [6, 6.07) is 8.80. The second kappa shape index (κ2) is 8.94. The van der Waals surface area contributed by atoms with E-state index in [1.54, 1.807) is 0 Å². The Morgan fingerprint density at radius 2 is 1.84 bits per heavy atom. The topological polar surface area (TPSA) is 24.5 Å². The third-order valence-electron chi connectivity index (χ3n) is 3.37. The fourth-order valence-electron chi connectivity index (χ4n) is 2.28. The standard InChI is InChI=1S/C16H28N2O/c1-5-12-18(6-2)13-16(17-4)14-8-10-15(11-9-14)19-7-3/h8-11,16-17H,5-7,12-13H2,1-4H3. The lowest BCUT2D eigenvalue weighted by atomic mass is 10.1. The summed E-state index contributed by atoms with van der Waals surface area (Å²) >= 11 is 0. The Kier molecular flexibility index (Phi) is 7.53. The van der Waals surface area contributed by atoms with Gasteiger partial charge in [-0.05, 0) is 51.2 Å². The van der Waals surface area contributed by atoms with E-state index in [1.807, 2.05) is 14.0 Å².